The van der Waals surface area contributed by atoms with E-state index in [0.29, 0.717) is 0 Å². The van der Waals surface area contributed by atoms with Crippen LogP contribution in [-0.4, -0.2) is 14.6 Å². The first-order valence-corrected chi connectivity index (χ1v) is 7.93. The third-order valence-corrected chi connectivity index (χ3v) is 5.14. The Morgan fingerprint density at radius 1 is 0.909 bits per heavy atom. The predicted molar refractivity (Wildman–Crippen MR) is 91.3 cm³/mol. The van der Waals surface area contributed by atoms with Crippen LogP contribution in [-0.2, 0) is 0 Å². The van der Waals surface area contributed by atoms with Crippen LogP contribution in [0.3, 0.4) is 0 Å². The first-order chi connectivity index (χ1) is 10.9. The molecule has 0 radical (unpaired) electrons. The van der Waals surface area contributed by atoms with Gasteiger partial charge in [-0.25, -0.2) is 9.50 Å². The van der Waals surface area contributed by atoms with Crippen molar-refractivity contribution in [2.45, 2.75) is 0 Å². The first kappa shape index (κ1) is 11.9. The Bertz CT molecular complexity index is 1100. The first-order valence-electron chi connectivity index (χ1n) is 7.11. The van der Waals surface area contributed by atoms with Gasteiger partial charge in [0.2, 0.25) is 0 Å². The molecule has 3 heterocycles. The van der Waals surface area contributed by atoms with Crippen LogP contribution in [0, 0.1) is 0 Å². The molecule has 4 heteroatoms. The van der Waals surface area contributed by atoms with Crippen molar-refractivity contribution in [3.63, 3.8) is 0 Å². The fourth-order valence-corrected chi connectivity index (χ4v) is 4.14. The molecule has 0 saturated carbocycles. The van der Waals surface area contributed by atoms with Gasteiger partial charge in [0, 0.05) is 44.2 Å². The molecule has 0 unspecified atom stereocenters. The molecule has 0 aliphatic rings. The van der Waals surface area contributed by atoms with Crippen molar-refractivity contribution in [2.75, 3.05) is 0 Å². The summed E-state index contributed by atoms with van der Waals surface area (Å²) in [4.78, 5) is 4.35. The van der Waals surface area contributed by atoms with Crippen LogP contribution in [0.4, 0.5) is 0 Å². The summed E-state index contributed by atoms with van der Waals surface area (Å²) in [6, 6.07) is 18.9. The minimum Gasteiger partial charge on any atom is -0.237 e. The molecule has 0 aliphatic heterocycles. The van der Waals surface area contributed by atoms with Crippen LogP contribution in [0.15, 0.2) is 67.0 Å². The molecule has 104 valence electrons. The van der Waals surface area contributed by atoms with E-state index in [4.69, 9.17) is 0 Å². The molecule has 0 N–H and O–H groups in total. The number of hydrogen-bond acceptors (Lipinski definition) is 3. The van der Waals surface area contributed by atoms with Gasteiger partial charge in [0.25, 0.3) is 0 Å². The van der Waals surface area contributed by atoms with E-state index in [2.05, 4.69) is 52.5 Å². The van der Waals surface area contributed by atoms with Crippen molar-refractivity contribution < 1.29 is 0 Å². The van der Waals surface area contributed by atoms with Crippen LogP contribution in [0.25, 0.3) is 37.1 Å². The number of fused-ring (bicyclic) bond motifs is 4. The Hall–Kier alpha value is -2.72. The normalized spacial score (nSPS) is 11.6. The maximum absolute atomic E-state index is 4.66. The lowest BCUT2D eigenvalue weighted by Gasteiger charge is -1.98. The third-order valence-electron chi connectivity index (χ3n) is 3.92. The summed E-state index contributed by atoms with van der Waals surface area (Å²) in [6.07, 6.45) is 3.72. The maximum atomic E-state index is 4.66. The molecule has 0 fully saturated rings. The second-order valence-electron chi connectivity index (χ2n) is 5.23. The van der Waals surface area contributed by atoms with Gasteiger partial charge in [-0.3, -0.25) is 0 Å². The number of thiophene rings is 1. The average molecular weight is 301 g/mol. The number of hydrogen-bond donors (Lipinski definition) is 0. The molecule has 0 bridgehead atoms. The Morgan fingerprint density at radius 3 is 2.77 bits per heavy atom. The smallest absolute Gasteiger partial charge is 0.155 e. The summed E-state index contributed by atoms with van der Waals surface area (Å²) >= 11 is 1.82. The van der Waals surface area contributed by atoms with Gasteiger partial charge >= 0.3 is 0 Å². The zero-order valence-corrected chi connectivity index (χ0v) is 12.4. The van der Waals surface area contributed by atoms with E-state index in [9.17, 15) is 0 Å². The van der Waals surface area contributed by atoms with Crippen LogP contribution in [0.2, 0.25) is 0 Å². The highest BCUT2D eigenvalue weighted by Gasteiger charge is 2.12. The third kappa shape index (κ3) is 1.61. The topological polar surface area (TPSA) is 30.2 Å². The Kier molecular flexibility index (Phi) is 2.37. The minimum atomic E-state index is 0.871. The molecular weight excluding hydrogens is 290 g/mol. The molecular formula is C18H11N3S. The largest absolute Gasteiger partial charge is 0.237 e. The highest BCUT2D eigenvalue weighted by atomic mass is 32.1. The molecule has 22 heavy (non-hydrogen) atoms. The average Bonchev–Trinajstić information content (AvgIpc) is 3.15. The molecule has 0 atom stereocenters. The molecule has 3 aromatic heterocycles. The highest BCUT2D eigenvalue weighted by molar-refractivity contribution is 7.26. The van der Waals surface area contributed by atoms with Gasteiger partial charge in [0.05, 0.1) is 5.69 Å². The van der Waals surface area contributed by atoms with E-state index >= 15 is 0 Å². The van der Waals surface area contributed by atoms with Gasteiger partial charge in [0.15, 0.2) is 5.65 Å². The molecule has 3 nitrogen and oxygen atoms in total. The quantitative estimate of drug-likeness (QED) is 0.446. The standard InChI is InChI=1S/C18H11N3S/c1-2-8-16-12(5-1)13-6-3-7-14(18(13)22-16)15-11-17-19-9-4-10-21(17)20-15/h1-11H. The van der Waals surface area contributed by atoms with Crippen molar-refractivity contribution in [3.05, 3.63) is 67.0 Å². The van der Waals surface area contributed by atoms with E-state index in [1.807, 2.05) is 34.2 Å². The Balaban J connectivity index is 1.87. The molecule has 5 rings (SSSR count). The Labute approximate surface area is 130 Å². The monoisotopic (exact) mass is 301 g/mol. The van der Waals surface area contributed by atoms with Crippen molar-refractivity contribution in [1.29, 1.82) is 0 Å². The molecule has 0 aliphatic carbocycles. The number of benzene rings is 2. The second kappa shape index (κ2) is 4.39. The van der Waals surface area contributed by atoms with E-state index < -0.39 is 0 Å². The zero-order valence-electron chi connectivity index (χ0n) is 11.6. The van der Waals surface area contributed by atoms with Gasteiger partial charge in [0.1, 0.15) is 0 Å². The summed E-state index contributed by atoms with van der Waals surface area (Å²) in [6.45, 7) is 0. The lowest BCUT2D eigenvalue weighted by Crippen LogP contribution is -1.87. The van der Waals surface area contributed by atoms with E-state index in [0.717, 1.165) is 11.3 Å². The SMILES string of the molecule is c1ccc2c(c1)sc1c(-c3cc4ncccn4n3)cccc12. The van der Waals surface area contributed by atoms with Gasteiger partial charge in [-0.15, -0.1) is 11.3 Å². The van der Waals surface area contributed by atoms with Gasteiger partial charge in [-0.05, 0) is 12.1 Å². The van der Waals surface area contributed by atoms with Gasteiger partial charge in [-0.2, -0.15) is 5.10 Å². The van der Waals surface area contributed by atoms with E-state index in [1.165, 1.54) is 25.7 Å². The summed E-state index contributed by atoms with van der Waals surface area (Å²) < 4.78 is 4.42. The maximum Gasteiger partial charge on any atom is 0.155 e. The second-order valence-corrected chi connectivity index (χ2v) is 6.28. The molecule has 0 amide bonds. The number of rotatable bonds is 1. The Morgan fingerprint density at radius 2 is 1.82 bits per heavy atom. The molecule has 2 aromatic carbocycles. The van der Waals surface area contributed by atoms with Crippen molar-refractivity contribution in [3.8, 4) is 11.3 Å². The molecule has 5 aromatic rings. The summed E-state index contributed by atoms with van der Waals surface area (Å²) in [5.41, 5.74) is 3.01. The van der Waals surface area contributed by atoms with E-state index in [1.54, 1.807) is 6.20 Å². The summed E-state index contributed by atoms with van der Waals surface area (Å²) in [5.74, 6) is 0. The van der Waals surface area contributed by atoms with Crippen molar-refractivity contribution >= 4 is 37.2 Å². The summed E-state index contributed by atoms with van der Waals surface area (Å²) in [5, 5.41) is 7.27. The minimum absolute atomic E-state index is 0.871. The van der Waals surface area contributed by atoms with Crippen LogP contribution < -0.4 is 0 Å². The molecule has 0 spiro atoms. The van der Waals surface area contributed by atoms with Gasteiger partial charge in [-0.1, -0.05) is 36.4 Å². The van der Waals surface area contributed by atoms with Crippen molar-refractivity contribution in [2.24, 2.45) is 0 Å². The molecule has 0 saturated heterocycles. The van der Waals surface area contributed by atoms with Crippen molar-refractivity contribution in [1.82, 2.24) is 14.6 Å². The van der Waals surface area contributed by atoms with Crippen LogP contribution in [0.5, 0.6) is 0 Å². The van der Waals surface area contributed by atoms with Gasteiger partial charge < -0.3 is 0 Å². The zero-order chi connectivity index (χ0) is 14.5. The summed E-state index contributed by atoms with van der Waals surface area (Å²) in [7, 11) is 0. The van der Waals surface area contributed by atoms with Crippen LogP contribution >= 0.6 is 11.3 Å². The number of aromatic nitrogens is 3. The highest BCUT2D eigenvalue weighted by Crippen LogP contribution is 2.39. The lowest BCUT2D eigenvalue weighted by atomic mass is 10.1. The van der Waals surface area contributed by atoms with E-state index in [-0.39, 0.29) is 0 Å². The lowest BCUT2D eigenvalue weighted by molar-refractivity contribution is 0.944. The van der Waals surface area contributed by atoms with Crippen LogP contribution in [0.1, 0.15) is 0 Å². The fourth-order valence-electron chi connectivity index (χ4n) is 2.91. The fraction of sp³-hybridized carbons (Fsp3) is 0. The number of nitrogens with zero attached hydrogens (tertiary/aromatic N) is 3. The predicted octanol–water partition coefficient (Wildman–Crippen LogP) is 4.76.